The molecule has 3 unspecified atom stereocenters. The zero-order valence-electron chi connectivity index (χ0n) is 19.6. The number of Topliss-reactive ketones (excluding diaryl/α,β-unsaturated/α-hetero) is 1. The molecule has 4 rings (SSSR count). The maximum absolute atomic E-state index is 11.6. The van der Waals surface area contributed by atoms with Crippen LogP contribution in [0.5, 0.6) is 0 Å². The van der Waals surface area contributed by atoms with Gasteiger partial charge < -0.3 is 55.1 Å². The molecule has 2 saturated carbocycles. The lowest BCUT2D eigenvalue weighted by Gasteiger charge is -2.45. The number of aliphatic hydroxyl groups is 8. The van der Waals surface area contributed by atoms with Crippen molar-refractivity contribution in [2.45, 2.75) is 101 Å². The zero-order valence-corrected chi connectivity index (χ0v) is 19.6. The Hall–Kier alpha value is -0.770. The van der Waals surface area contributed by atoms with Crippen molar-refractivity contribution in [1.29, 1.82) is 0 Å². The van der Waals surface area contributed by atoms with Crippen LogP contribution < -0.4 is 0 Å². The number of aliphatic hydroxyl groups excluding tert-OH is 8. The first-order valence-electron chi connectivity index (χ1n) is 11.6. The number of carbonyl (C=O) groups excluding carboxylic acids is 1. The van der Waals surface area contributed by atoms with Gasteiger partial charge in [0.15, 0.2) is 12.6 Å². The van der Waals surface area contributed by atoms with E-state index in [0.29, 0.717) is 11.7 Å². The third-order valence-electron chi connectivity index (χ3n) is 8.46. The van der Waals surface area contributed by atoms with E-state index in [1.807, 2.05) is 0 Å². The van der Waals surface area contributed by atoms with E-state index >= 15 is 0 Å². The van der Waals surface area contributed by atoms with Gasteiger partial charge in [-0.25, -0.2) is 0 Å². The van der Waals surface area contributed by atoms with Gasteiger partial charge in [0.05, 0.1) is 13.2 Å². The molecular weight excluding hydrogens is 456 g/mol. The average molecular weight is 495 g/mol. The van der Waals surface area contributed by atoms with Crippen LogP contribution in [0, 0.1) is 16.7 Å². The molecule has 2 heterocycles. The monoisotopic (exact) mass is 494 g/mol. The van der Waals surface area contributed by atoms with Gasteiger partial charge in [-0.1, -0.05) is 20.8 Å². The van der Waals surface area contributed by atoms with E-state index in [1.54, 1.807) is 0 Å². The van der Waals surface area contributed by atoms with Gasteiger partial charge in [0.2, 0.25) is 0 Å². The van der Waals surface area contributed by atoms with Gasteiger partial charge in [-0.15, -0.1) is 0 Å². The van der Waals surface area contributed by atoms with Crippen LogP contribution >= 0.6 is 0 Å². The maximum Gasteiger partial charge on any atom is 0.187 e. The summed E-state index contributed by atoms with van der Waals surface area (Å²) in [4.78, 5) is 11.6. The lowest BCUT2D eigenvalue weighted by molar-refractivity contribution is -0.355. The normalized spacial score (nSPS) is 50.1. The SMILES string of the molecule is CC12CCC(CC1=O)C2(C)C.OC[C@H]1O[C@@H](O[C@H]2[C@H](O)[C@@H](O)C(O)O[C@@H]2CO)[C@H](O)[C@@H](O)[C@H]1O. The molecule has 4 fully saturated rings. The molecule has 8 N–H and O–H groups in total. The molecule has 12 heteroatoms. The molecule has 0 aromatic heterocycles. The smallest absolute Gasteiger partial charge is 0.187 e. The predicted molar refractivity (Wildman–Crippen MR) is 113 cm³/mol. The molecule has 12 atom stereocenters. The first-order chi connectivity index (χ1) is 15.8. The van der Waals surface area contributed by atoms with Crippen LogP contribution in [-0.2, 0) is 19.0 Å². The molecule has 0 aromatic rings. The van der Waals surface area contributed by atoms with Crippen molar-refractivity contribution in [2.75, 3.05) is 13.2 Å². The predicted octanol–water partition coefficient (Wildman–Crippen LogP) is -3.00. The van der Waals surface area contributed by atoms with Gasteiger partial charge in [0.25, 0.3) is 0 Å². The molecule has 0 aromatic carbocycles. The summed E-state index contributed by atoms with van der Waals surface area (Å²) in [6.45, 7) is 5.33. The second-order valence-electron chi connectivity index (χ2n) is 10.4. The second kappa shape index (κ2) is 10.3. The summed E-state index contributed by atoms with van der Waals surface area (Å²) in [5.41, 5.74) is 0.307. The maximum atomic E-state index is 11.6. The molecule has 4 aliphatic rings. The van der Waals surface area contributed by atoms with Crippen molar-refractivity contribution < 1.29 is 59.9 Å². The summed E-state index contributed by atoms with van der Waals surface area (Å²) in [6, 6.07) is 0. The van der Waals surface area contributed by atoms with Crippen LogP contribution in [0.4, 0.5) is 0 Å². The fourth-order valence-corrected chi connectivity index (χ4v) is 5.47. The van der Waals surface area contributed by atoms with E-state index in [0.717, 1.165) is 12.8 Å². The quantitative estimate of drug-likeness (QED) is 0.197. The lowest BCUT2D eigenvalue weighted by Crippen LogP contribution is -2.64. The van der Waals surface area contributed by atoms with E-state index in [9.17, 15) is 40.5 Å². The molecule has 12 nitrogen and oxygen atoms in total. The topological polar surface area (TPSA) is 207 Å². The Balaban J connectivity index is 0.000000243. The third-order valence-corrected chi connectivity index (χ3v) is 8.46. The van der Waals surface area contributed by atoms with E-state index in [4.69, 9.17) is 19.3 Å². The molecule has 2 aliphatic heterocycles. The van der Waals surface area contributed by atoms with Crippen molar-refractivity contribution in [3.63, 3.8) is 0 Å². The number of ether oxygens (including phenoxy) is 3. The van der Waals surface area contributed by atoms with Crippen molar-refractivity contribution >= 4 is 5.78 Å². The van der Waals surface area contributed by atoms with Gasteiger partial charge in [-0.2, -0.15) is 0 Å². The van der Waals surface area contributed by atoms with Crippen LogP contribution in [0.25, 0.3) is 0 Å². The Kier molecular flexibility index (Phi) is 8.43. The minimum atomic E-state index is -1.74. The Bertz CT molecular complexity index is 714. The molecule has 2 bridgehead atoms. The fourth-order valence-electron chi connectivity index (χ4n) is 5.47. The minimum absolute atomic E-state index is 0.0255. The Morgan fingerprint density at radius 1 is 0.853 bits per heavy atom. The summed E-state index contributed by atoms with van der Waals surface area (Å²) in [6.07, 6.45) is -12.3. The second-order valence-corrected chi connectivity index (χ2v) is 10.4. The zero-order chi connectivity index (χ0) is 25.6. The van der Waals surface area contributed by atoms with Gasteiger partial charge in [-0.05, 0) is 24.2 Å². The largest absolute Gasteiger partial charge is 0.394 e. The summed E-state index contributed by atoms with van der Waals surface area (Å²) in [5, 5.41) is 76.5. The number of hydrogen-bond acceptors (Lipinski definition) is 12. The van der Waals surface area contributed by atoms with E-state index in [1.165, 1.54) is 6.42 Å². The molecule has 0 radical (unpaired) electrons. The van der Waals surface area contributed by atoms with Crippen molar-refractivity contribution in [3.05, 3.63) is 0 Å². The molecule has 0 amide bonds. The van der Waals surface area contributed by atoms with Gasteiger partial charge >= 0.3 is 0 Å². The molecule has 2 aliphatic carbocycles. The summed E-state index contributed by atoms with van der Waals surface area (Å²) in [7, 11) is 0. The van der Waals surface area contributed by atoms with Gasteiger partial charge in [0, 0.05) is 11.8 Å². The van der Waals surface area contributed by atoms with Crippen molar-refractivity contribution in [3.8, 4) is 0 Å². The van der Waals surface area contributed by atoms with Crippen LogP contribution in [-0.4, -0.2) is 121 Å². The molecular formula is C22H38O12. The number of fused-ring (bicyclic) bond motifs is 2. The Morgan fingerprint density at radius 3 is 1.91 bits per heavy atom. The molecule has 0 spiro atoms. The minimum Gasteiger partial charge on any atom is -0.394 e. The Labute approximate surface area is 197 Å². The average Bonchev–Trinajstić information content (AvgIpc) is 3.12. The first kappa shape index (κ1) is 27.8. The summed E-state index contributed by atoms with van der Waals surface area (Å²) >= 11 is 0. The van der Waals surface area contributed by atoms with Crippen LogP contribution in [0.3, 0.4) is 0 Å². The summed E-state index contributed by atoms with van der Waals surface area (Å²) < 4.78 is 15.3. The highest BCUT2D eigenvalue weighted by molar-refractivity contribution is 5.89. The third kappa shape index (κ3) is 4.66. The van der Waals surface area contributed by atoms with Crippen molar-refractivity contribution in [2.24, 2.45) is 16.7 Å². The number of hydrogen-bond donors (Lipinski definition) is 8. The van der Waals surface area contributed by atoms with Gasteiger partial charge in [-0.3, -0.25) is 4.79 Å². The van der Waals surface area contributed by atoms with Gasteiger partial charge in [0.1, 0.15) is 54.6 Å². The van der Waals surface area contributed by atoms with Crippen LogP contribution in [0.1, 0.15) is 40.0 Å². The Morgan fingerprint density at radius 2 is 1.47 bits per heavy atom. The van der Waals surface area contributed by atoms with Crippen molar-refractivity contribution in [1.82, 2.24) is 0 Å². The fraction of sp³-hybridized carbons (Fsp3) is 0.955. The first-order valence-corrected chi connectivity index (χ1v) is 11.6. The van der Waals surface area contributed by atoms with Crippen LogP contribution in [0.2, 0.25) is 0 Å². The van der Waals surface area contributed by atoms with E-state index in [2.05, 4.69) is 20.8 Å². The number of rotatable bonds is 4. The number of ketones is 1. The highest BCUT2D eigenvalue weighted by atomic mass is 16.7. The lowest BCUT2D eigenvalue weighted by atomic mass is 9.70. The standard InChI is InChI=1S/C12H22O11.C10H16O/c13-1-3-5(15)6(16)9(19)12(22-3)23-10-4(2-14)21-11(20)8(18)7(10)17;1-9(2)7-4-5-10(9,3)8(11)6-7/h3-20H,1-2H2;7H,4-6H2,1-3H3/t3-,4-,5+,6+,7-,8-,9-,10-,11?,12+;/m1./s1. The highest BCUT2D eigenvalue weighted by Crippen LogP contribution is 2.63. The summed E-state index contributed by atoms with van der Waals surface area (Å²) in [5.74, 6) is 1.19. The van der Waals surface area contributed by atoms with E-state index in [-0.39, 0.29) is 10.8 Å². The highest BCUT2D eigenvalue weighted by Gasteiger charge is 2.61. The molecule has 198 valence electrons. The number of carbonyl (C=O) groups is 1. The molecule has 34 heavy (non-hydrogen) atoms. The molecule has 2 saturated heterocycles. The van der Waals surface area contributed by atoms with E-state index < -0.39 is 74.6 Å². The van der Waals surface area contributed by atoms with Crippen LogP contribution in [0.15, 0.2) is 0 Å².